The molecule has 0 amide bonds. The maximum Gasteiger partial charge on any atom is 0.132 e. The van der Waals surface area contributed by atoms with E-state index in [0.29, 0.717) is 5.56 Å². The van der Waals surface area contributed by atoms with Gasteiger partial charge in [0.2, 0.25) is 0 Å². The minimum absolute atomic E-state index is 0.618. The topological polar surface area (TPSA) is 86.5 Å². The van der Waals surface area contributed by atoms with Gasteiger partial charge in [-0.1, -0.05) is 91.0 Å². The van der Waals surface area contributed by atoms with Crippen molar-refractivity contribution in [2.45, 2.75) is 5.41 Å². The maximum absolute atomic E-state index is 9.96. The van der Waals surface area contributed by atoms with E-state index in [1.807, 2.05) is 43.0 Å². The summed E-state index contributed by atoms with van der Waals surface area (Å²) in [5.41, 5.74) is 14.5. The number of ether oxygens (including phenoxy) is 1. The van der Waals surface area contributed by atoms with Gasteiger partial charge >= 0.3 is 0 Å². The van der Waals surface area contributed by atoms with E-state index in [4.69, 9.17) is 14.7 Å². The molecule has 6 aromatic heterocycles. The molecule has 0 N–H and O–H groups in total. The van der Waals surface area contributed by atoms with Crippen LogP contribution < -0.4 is 4.74 Å². The molecular weight excluding hydrogens is 823 g/mol. The van der Waals surface area contributed by atoms with Crippen molar-refractivity contribution in [2.75, 3.05) is 0 Å². The normalized spacial score (nSPS) is 14.7. The summed E-state index contributed by atoms with van der Waals surface area (Å²) >= 11 is 0. The zero-order valence-corrected chi connectivity index (χ0v) is 35.6. The minimum Gasteiger partial charge on any atom is -0.457 e. The fraction of sp³-hybridized carbons (Fsp3) is 0.0169. The Balaban J connectivity index is 1.08. The number of hydrogen-bond acceptors (Lipinski definition) is 5. The van der Waals surface area contributed by atoms with Gasteiger partial charge < -0.3 is 18.4 Å². The van der Waals surface area contributed by atoms with Gasteiger partial charge in [0.15, 0.2) is 0 Å². The van der Waals surface area contributed by atoms with E-state index < -0.39 is 5.41 Å². The molecule has 1 atom stereocenters. The summed E-state index contributed by atoms with van der Waals surface area (Å²) in [6.45, 7) is 0. The summed E-state index contributed by atoms with van der Waals surface area (Å²) in [6.07, 6.45) is 7.80. The SMILES string of the molecule is N#Cc1ccc2c(c1)c1ccccc1n2-c1cnc2c(c1)C1(c3ccccc3Oc3ccc(-n4c5ccccc5c5ccncc54)cc31)c1cc(-n3c4ccccc4c4ccccc43)cnc1-2. The third-order valence-corrected chi connectivity index (χ3v) is 14.3. The van der Waals surface area contributed by atoms with Crippen LogP contribution in [0.25, 0.3) is 93.9 Å². The van der Waals surface area contributed by atoms with Crippen LogP contribution >= 0.6 is 0 Å². The Hall–Kier alpha value is -9.32. The smallest absolute Gasteiger partial charge is 0.132 e. The Bertz CT molecular complexity index is 4250. The van der Waals surface area contributed by atoms with Crippen LogP contribution in [0.3, 0.4) is 0 Å². The summed E-state index contributed by atoms with van der Waals surface area (Å²) in [6, 6.07) is 64.2. The lowest BCUT2D eigenvalue weighted by molar-refractivity contribution is 0.436. The zero-order chi connectivity index (χ0) is 44.0. The monoisotopic (exact) mass is 855 g/mol. The second-order valence-electron chi connectivity index (χ2n) is 17.5. The average molecular weight is 856 g/mol. The minimum atomic E-state index is -0.945. The number of benzene rings is 7. The molecule has 7 aromatic carbocycles. The van der Waals surface area contributed by atoms with E-state index in [1.54, 1.807) is 0 Å². The van der Waals surface area contributed by atoms with Crippen molar-refractivity contribution in [1.82, 2.24) is 28.7 Å². The molecule has 13 aromatic rings. The van der Waals surface area contributed by atoms with Crippen molar-refractivity contribution in [1.29, 1.82) is 5.26 Å². The molecule has 0 saturated heterocycles. The van der Waals surface area contributed by atoms with Gasteiger partial charge in [0, 0.05) is 66.5 Å². The van der Waals surface area contributed by atoms with Crippen LogP contribution in [0.1, 0.15) is 27.8 Å². The van der Waals surface area contributed by atoms with E-state index >= 15 is 0 Å². The summed E-state index contributed by atoms with van der Waals surface area (Å²) in [4.78, 5) is 15.5. The Labute approximate surface area is 382 Å². The average Bonchev–Trinajstić information content (AvgIpc) is 4.10. The summed E-state index contributed by atoms with van der Waals surface area (Å²) in [5, 5.41) is 16.7. The van der Waals surface area contributed by atoms with Crippen LogP contribution in [0.15, 0.2) is 201 Å². The number of nitriles is 1. The van der Waals surface area contributed by atoms with Crippen molar-refractivity contribution in [2.24, 2.45) is 0 Å². The van der Waals surface area contributed by atoms with Crippen LogP contribution in [0.4, 0.5) is 0 Å². The Morgan fingerprint density at radius 2 is 0.896 bits per heavy atom. The number of nitrogens with zero attached hydrogens (tertiary/aromatic N) is 7. The molecule has 1 aliphatic carbocycles. The van der Waals surface area contributed by atoms with Crippen LogP contribution in [0, 0.1) is 11.3 Å². The molecule has 0 fully saturated rings. The summed E-state index contributed by atoms with van der Waals surface area (Å²) < 4.78 is 13.9. The molecule has 15 rings (SSSR count). The fourth-order valence-corrected chi connectivity index (χ4v) is 11.6. The third kappa shape index (κ3) is 4.66. The quantitative estimate of drug-likeness (QED) is 0.177. The number of rotatable bonds is 3. The van der Waals surface area contributed by atoms with Crippen molar-refractivity contribution in [3.63, 3.8) is 0 Å². The van der Waals surface area contributed by atoms with Gasteiger partial charge in [0.05, 0.1) is 91.5 Å². The molecular formula is C59H33N7O. The molecule has 67 heavy (non-hydrogen) atoms. The highest BCUT2D eigenvalue weighted by Gasteiger charge is 2.53. The number of hydrogen-bond donors (Lipinski definition) is 0. The van der Waals surface area contributed by atoms with E-state index in [1.165, 1.54) is 10.8 Å². The van der Waals surface area contributed by atoms with Crippen LogP contribution in [0.2, 0.25) is 0 Å². The first-order valence-corrected chi connectivity index (χ1v) is 22.4. The van der Waals surface area contributed by atoms with E-state index in [9.17, 15) is 5.26 Å². The molecule has 0 saturated carbocycles. The second kappa shape index (κ2) is 13.1. The van der Waals surface area contributed by atoms with Crippen molar-refractivity contribution < 1.29 is 4.74 Å². The zero-order valence-electron chi connectivity index (χ0n) is 35.6. The fourth-order valence-electron chi connectivity index (χ4n) is 11.6. The molecule has 1 unspecified atom stereocenters. The number of pyridine rings is 3. The molecule has 1 aliphatic heterocycles. The van der Waals surface area contributed by atoms with Gasteiger partial charge in [-0.3, -0.25) is 15.0 Å². The van der Waals surface area contributed by atoms with Crippen molar-refractivity contribution >= 4 is 65.4 Å². The number of fused-ring (bicyclic) bond motifs is 18. The second-order valence-corrected chi connectivity index (χ2v) is 17.5. The van der Waals surface area contributed by atoms with Crippen LogP contribution in [-0.2, 0) is 5.41 Å². The Morgan fingerprint density at radius 3 is 1.51 bits per heavy atom. The molecule has 310 valence electrons. The van der Waals surface area contributed by atoms with Crippen molar-refractivity contribution in [3.05, 3.63) is 229 Å². The largest absolute Gasteiger partial charge is 0.457 e. The number of aromatic nitrogens is 6. The molecule has 7 heterocycles. The van der Waals surface area contributed by atoms with E-state index in [2.05, 4.69) is 182 Å². The molecule has 2 aliphatic rings. The first-order chi connectivity index (χ1) is 33.2. The van der Waals surface area contributed by atoms with Gasteiger partial charge in [-0.25, -0.2) is 0 Å². The first kappa shape index (κ1) is 36.1. The van der Waals surface area contributed by atoms with Crippen LogP contribution in [-0.4, -0.2) is 28.7 Å². The van der Waals surface area contributed by atoms with Crippen molar-refractivity contribution in [3.8, 4) is 46.0 Å². The molecule has 1 spiro atoms. The lowest BCUT2D eigenvalue weighted by Crippen LogP contribution is -2.32. The molecule has 0 radical (unpaired) electrons. The van der Waals surface area contributed by atoms with Gasteiger partial charge in [-0.05, 0) is 84.9 Å². The highest BCUT2D eigenvalue weighted by molar-refractivity contribution is 6.11. The predicted octanol–water partition coefficient (Wildman–Crippen LogP) is 13.5. The highest BCUT2D eigenvalue weighted by Crippen LogP contribution is 2.62. The summed E-state index contributed by atoms with van der Waals surface area (Å²) in [5.74, 6) is 1.53. The molecule has 8 heteroatoms. The standard InChI is InChI=1S/C59H33N7O/c60-31-35-21-23-53-44(27-35)42-14-4-9-19-52(42)66(53)38-30-48-58(63-33-38)57-47(29-37(32-62-57)65-50-17-7-1-11-39(50)40-12-2-8-18-51(40)65)59(48)45-15-5-10-20-55(45)67-56-24-22-36(28-46(56)59)64-49-16-6-3-13-41(49)43-25-26-61-34-54(43)64/h1-30,32-34H. The molecule has 0 bridgehead atoms. The lowest BCUT2D eigenvalue weighted by Gasteiger charge is -2.39. The van der Waals surface area contributed by atoms with Gasteiger partial charge in [-0.2, -0.15) is 5.26 Å². The van der Waals surface area contributed by atoms with Gasteiger partial charge in [0.25, 0.3) is 0 Å². The lowest BCUT2D eigenvalue weighted by atomic mass is 9.66. The van der Waals surface area contributed by atoms with E-state index in [-0.39, 0.29) is 0 Å². The van der Waals surface area contributed by atoms with Gasteiger partial charge in [0.1, 0.15) is 11.5 Å². The van der Waals surface area contributed by atoms with Crippen LogP contribution in [0.5, 0.6) is 11.5 Å². The Morgan fingerprint density at radius 1 is 0.403 bits per heavy atom. The maximum atomic E-state index is 9.96. The Kier molecular flexibility index (Phi) is 7.07. The first-order valence-electron chi connectivity index (χ1n) is 22.4. The van der Waals surface area contributed by atoms with Gasteiger partial charge in [-0.15, -0.1) is 0 Å². The highest BCUT2D eigenvalue weighted by atomic mass is 16.5. The summed E-state index contributed by atoms with van der Waals surface area (Å²) in [7, 11) is 0. The third-order valence-electron chi connectivity index (χ3n) is 14.3. The molecule has 8 nitrogen and oxygen atoms in total. The van der Waals surface area contributed by atoms with E-state index in [0.717, 1.165) is 117 Å². The predicted molar refractivity (Wildman–Crippen MR) is 265 cm³/mol. The number of para-hydroxylation sites is 5.